The molecule has 2 aromatic heterocycles. The van der Waals surface area contributed by atoms with Crippen molar-refractivity contribution in [3.8, 4) is 0 Å². The highest BCUT2D eigenvalue weighted by molar-refractivity contribution is 5.76. The van der Waals surface area contributed by atoms with Gasteiger partial charge < -0.3 is 15.2 Å². The molecule has 1 atom stereocenters. The van der Waals surface area contributed by atoms with E-state index in [0.717, 1.165) is 19.3 Å². The maximum Gasteiger partial charge on any atom is 0.340 e. The summed E-state index contributed by atoms with van der Waals surface area (Å²) in [5.74, 6) is 0.837. The van der Waals surface area contributed by atoms with Gasteiger partial charge in [-0.1, -0.05) is 0 Å². The van der Waals surface area contributed by atoms with E-state index in [0.29, 0.717) is 42.2 Å². The fourth-order valence-corrected chi connectivity index (χ4v) is 3.43. The third-order valence-electron chi connectivity index (χ3n) is 4.73. The van der Waals surface area contributed by atoms with Crippen molar-refractivity contribution in [1.82, 2.24) is 35.4 Å². The zero-order chi connectivity index (χ0) is 18.8. The second-order valence-corrected chi connectivity index (χ2v) is 6.59. The Bertz CT molecular complexity index is 1010. The van der Waals surface area contributed by atoms with Crippen LogP contribution in [0.4, 0.5) is 9.18 Å². The highest BCUT2D eigenvalue weighted by Gasteiger charge is 2.30. The largest absolute Gasteiger partial charge is 0.340 e. The number of amides is 2. The molecule has 27 heavy (non-hydrogen) atoms. The lowest BCUT2D eigenvalue weighted by atomic mass is 10.0. The van der Waals surface area contributed by atoms with Gasteiger partial charge in [-0.2, -0.15) is 5.10 Å². The molecule has 0 aliphatic carbocycles. The van der Waals surface area contributed by atoms with Crippen LogP contribution in [0.15, 0.2) is 23.0 Å². The van der Waals surface area contributed by atoms with Crippen LogP contribution in [-0.2, 0) is 6.42 Å². The summed E-state index contributed by atoms with van der Waals surface area (Å²) in [6.07, 6.45) is 3.13. The summed E-state index contributed by atoms with van der Waals surface area (Å²) in [5, 5.41) is 8.97. The lowest BCUT2D eigenvalue weighted by Gasteiger charge is -2.34. The van der Waals surface area contributed by atoms with Gasteiger partial charge in [0, 0.05) is 19.5 Å². The van der Waals surface area contributed by atoms with E-state index in [9.17, 15) is 14.0 Å². The molecule has 2 amide bonds. The van der Waals surface area contributed by atoms with Gasteiger partial charge in [0.15, 0.2) is 0 Å². The number of halogens is 1. The summed E-state index contributed by atoms with van der Waals surface area (Å²) < 4.78 is 13.4. The van der Waals surface area contributed by atoms with Crippen molar-refractivity contribution in [3.05, 3.63) is 46.1 Å². The third-order valence-corrected chi connectivity index (χ3v) is 4.73. The fraction of sp³-hybridized carbons (Fsp3) is 0.412. The summed E-state index contributed by atoms with van der Waals surface area (Å²) in [6.45, 7) is 0.981. The lowest BCUT2D eigenvalue weighted by molar-refractivity contribution is 0.148. The first-order chi connectivity index (χ1) is 13.1. The molecule has 4 rings (SSSR count). The molecule has 0 bridgehead atoms. The quantitative estimate of drug-likeness (QED) is 0.555. The summed E-state index contributed by atoms with van der Waals surface area (Å²) in [6, 6.07) is 4.04. The minimum Gasteiger partial charge on any atom is -0.340 e. The molecule has 1 fully saturated rings. The van der Waals surface area contributed by atoms with Crippen molar-refractivity contribution in [3.63, 3.8) is 0 Å². The molecule has 0 unspecified atom stereocenters. The first-order valence-electron chi connectivity index (χ1n) is 8.93. The van der Waals surface area contributed by atoms with E-state index in [1.165, 1.54) is 12.1 Å². The van der Waals surface area contributed by atoms with Gasteiger partial charge in [0.2, 0.25) is 0 Å². The molecule has 3 aromatic rings. The molecule has 1 aliphatic rings. The summed E-state index contributed by atoms with van der Waals surface area (Å²) in [5.41, 5.74) is 0.937. The van der Waals surface area contributed by atoms with Gasteiger partial charge in [-0.15, -0.1) is 0 Å². The number of H-pyrrole nitrogens is 3. The van der Waals surface area contributed by atoms with E-state index < -0.39 is 0 Å². The molecule has 1 aliphatic heterocycles. The molecule has 10 heteroatoms. The van der Waals surface area contributed by atoms with E-state index >= 15 is 0 Å². The smallest absolute Gasteiger partial charge is 0.340 e. The second-order valence-electron chi connectivity index (χ2n) is 6.59. The van der Waals surface area contributed by atoms with Crippen LogP contribution in [0.1, 0.15) is 37.0 Å². The number of nitrogens with zero attached hydrogens (tertiary/aromatic N) is 3. The first kappa shape index (κ1) is 17.3. The van der Waals surface area contributed by atoms with Crippen molar-refractivity contribution in [2.24, 2.45) is 0 Å². The monoisotopic (exact) mass is 373 g/mol. The van der Waals surface area contributed by atoms with Gasteiger partial charge in [0.25, 0.3) is 0 Å². The van der Waals surface area contributed by atoms with Gasteiger partial charge in [-0.3, -0.25) is 4.98 Å². The Morgan fingerprint density at radius 3 is 3.04 bits per heavy atom. The number of nitrogens with one attached hydrogen (secondary N) is 4. The number of piperidine rings is 1. The van der Waals surface area contributed by atoms with Gasteiger partial charge in [-0.25, -0.2) is 24.1 Å². The van der Waals surface area contributed by atoms with Crippen molar-refractivity contribution in [2.45, 2.75) is 31.7 Å². The molecule has 0 saturated carbocycles. The Balaban J connectivity index is 1.45. The number of hydrogen-bond acceptors (Lipinski definition) is 4. The van der Waals surface area contributed by atoms with Crippen molar-refractivity contribution >= 4 is 17.1 Å². The fourth-order valence-electron chi connectivity index (χ4n) is 3.43. The maximum absolute atomic E-state index is 13.4. The summed E-state index contributed by atoms with van der Waals surface area (Å²) >= 11 is 0. The Morgan fingerprint density at radius 1 is 1.33 bits per heavy atom. The Kier molecular flexibility index (Phi) is 4.61. The third kappa shape index (κ3) is 3.69. The van der Waals surface area contributed by atoms with Crippen LogP contribution >= 0.6 is 0 Å². The number of carbonyl (C=O) groups is 1. The number of imidazole rings is 1. The molecule has 1 aromatic carbocycles. The highest BCUT2D eigenvalue weighted by Crippen LogP contribution is 2.30. The number of carbonyl (C=O) groups excluding carboxylic acids is 1. The Morgan fingerprint density at radius 2 is 2.22 bits per heavy atom. The standard InChI is InChI=1S/C17H20FN7O2/c18-10-4-5-11-12(9-10)21-15(20-11)13-3-1-2-8-25(13)17(27)19-7-6-14-22-16(26)24-23-14/h4-5,9,13H,1-3,6-8H2,(H,19,27)(H,20,21)(H2,22,23,24,26)/t13-/m0/s1. The molecule has 1 saturated heterocycles. The van der Waals surface area contributed by atoms with Crippen LogP contribution in [0.25, 0.3) is 11.0 Å². The van der Waals surface area contributed by atoms with E-state index in [-0.39, 0.29) is 23.6 Å². The summed E-state index contributed by atoms with van der Waals surface area (Å²) in [7, 11) is 0. The summed E-state index contributed by atoms with van der Waals surface area (Å²) in [4.78, 5) is 35.7. The van der Waals surface area contributed by atoms with Crippen molar-refractivity contribution < 1.29 is 9.18 Å². The van der Waals surface area contributed by atoms with Crippen LogP contribution in [0.5, 0.6) is 0 Å². The topological polar surface area (TPSA) is 123 Å². The van der Waals surface area contributed by atoms with Crippen molar-refractivity contribution in [2.75, 3.05) is 13.1 Å². The van der Waals surface area contributed by atoms with Crippen LogP contribution in [0.3, 0.4) is 0 Å². The van der Waals surface area contributed by atoms with Crippen LogP contribution in [0, 0.1) is 5.82 Å². The maximum atomic E-state index is 13.4. The number of aromatic nitrogens is 5. The van der Waals surface area contributed by atoms with Gasteiger partial charge in [-0.05, 0) is 37.5 Å². The number of likely N-dealkylation sites (tertiary alicyclic amines) is 1. The number of rotatable bonds is 4. The molecule has 0 radical (unpaired) electrons. The van der Waals surface area contributed by atoms with E-state index in [1.54, 1.807) is 11.0 Å². The molecule has 0 spiro atoms. The van der Waals surface area contributed by atoms with Crippen LogP contribution < -0.4 is 11.0 Å². The SMILES string of the molecule is O=C(NCCc1n[nH]c(=O)[nH]1)N1CCCC[C@H]1c1nc2ccc(F)cc2[nH]1. The van der Waals surface area contributed by atoms with E-state index in [1.807, 2.05) is 0 Å². The van der Waals surface area contributed by atoms with Crippen LogP contribution in [0.2, 0.25) is 0 Å². The Hall–Kier alpha value is -3.17. The minimum absolute atomic E-state index is 0.181. The number of aromatic amines is 3. The molecule has 9 nitrogen and oxygen atoms in total. The zero-order valence-corrected chi connectivity index (χ0v) is 14.6. The molecular formula is C17H20FN7O2. The first-order valence-corrected chi connectivity index (χ1v) is 8.93. The number of fused-ring (bicyclic) bond motifs is 1. The predicted octanol–water partition coefficient (Wildman–Crippen LogP) is 1.59. The average Bonchev–Trinajstić information content (AvgIpc) is 3.27. The average molecular weight is 373 g/mol. The zero-order valence-electron chi connectivity index (χ0n) is 14.6. The van der Waals surface area contributed by atoms with Gasteiger partial charge >= 0.3 is 11.7 Å². The van der Waals surface area contributed by atoms with Crippen molar-refractivity contribution in [1.29, 1.82) is 0 Å². The molecule has 3 heterocycles. The minimum atomic E-state index is -0.367. The predicted molar refractivity (Wildman–Crippen MR) is 95.7 cm³/mol. The number of urea groups is 1. The molecule has 4 N–H and O–H groups in total. The second kappa shape index (κ2) is 7.22. The number of hydrogen-bond donors (Lipinski definition) is 4. The molecule has 142 valence electrons. The normalized spacial score (nSPS) is 17.4. The lowest BCUT2D eigenvalue weighted by Crippen LogP contribution is -2.45. The Labute approximate surface area is 153 Å². The van der Waals surface area contributed by atoms with Gasteiger partial charge in [0.05, 0.1) is 17.1 Å². The van der Waals surface area contributed by atoms with Crippen LogP contribution in [-0.4, -0.2) is 49.2 Å². The van der Waals surface area contributed by atoms with E-state index in [4.69, 9.17) is 0 Å². The highest BCUT2D eigenvalue weighted by atomic mass is 19.1. The van der Waals surface area contributed by atoms with Gasteiger partial charge in [0.1, 0.15) is 17.5 Å². The van der Waals surface area contributed by atoms with E-state index in [2.05, 4.69) is 30.5 Å². The number of benzene rings is 1. The molecular weight excluding hydrogens is 353 g/mol.